The molecule has 122 valence electrons. The van der Waals surface area contributed by atoms with E-state index in [1.54, 1.807) is 6.42 Å². The molecule has 3 nitrogen and oxygen atoms in total. The zero-order valence-electron chi connectivity index (χ0n) is 14.0. The molecule has 3 fully saturated rings. The van der Waals surface area contributed by atoms with Gasteiger partial charge in [-0.2, -0.15) is 0 Å². The highest BCUT2D eigenvalue weighted by molar-refractivity contribution is 4.91. The molecule has 0 aromatic rings. The van der Waals surface area contributed by atoms with Crippen LogP contribution < -0.4 is 5.73 Å². The molecule has 1 saturated heterocycles. The van der Waals surface area contributed by atoms with Crippen LogP contribution in [0.3, 0.4) is 0 Å². The van der Waals surface area contributed by atoms with Gasteiger partial charge in [0.1, 0.15) is 0 Å². The van der Waals surface area contributed by atoms with Crippen molar-refractivity contribution in [2.75, 3.05) is 39.3 Å². The SMILES string of the molecule is CCC(CCN)N1CCCN(CC2CC3CCC2C3)CC1. The van der Waals surface area contributed by atoms with Crippen LogP contribution in [-0.4, -0.2) is 55.1 Å². The minimum Gasteiger partial charge on any atom is -0.330 e. The predicted octanol–water partition coefficient (Wildman–Crippen LogP) is 2.56. The van der Waals surface area contributed by atoms with E-state index >= 15 is 0 Å². The Hall–Kier alpha value is -0.120. The van der Waals surface area contributed by atoms with Gasteiger partial charge in [0.15, 0.2) is 0 Å². The second-order valence-corrected chi connectivity index (χ2v) is 7.76. The lowest BCUT2D eigenvalue weighted by atomic mass is 9.88. The molecular formula is C18H35N3. The van der Waals surface area contributed by atoms with Crippen LogP contribution in [0.4, 0.5) is 0 Å². The van der Waals surface area contributed by atoms with Crippen molar-refractivity contribution < 1.29 is 0 Å². The molecule has 0 spiro atoms. The standard InChI is InChI=1S/C18H35N3/c1-2-18(6-7-19)21-9-3-8-20(10-11-21)14-17-13-15-4-5-16(17)12-15/h15-18H,2-14,19H2,1H3. The van der Waals surface area contributed by atoms with Gasteiger partial charge in [-0.15, -0.1) is 0 Å². The van der Waals surface area contributed by atoms with Gasteiger partial charge < -0.3 is 10.6 Å². The van der Waals surface area contributed by atoms with E-state index in [1.807, 2.05) is 0 Å². The van der Waals surface area contributed by atoms with E-state index < -0.39 is 0 Å². The van der Waals surface area contributed by atoms with E-state index in [2.05, 4.69) is 16.7 Å². The van der Waals surface area contributed by atoms with E-state index in [0.717, 1.165) is 30.3 Å². The van der Waals surface area contributed by atoms with E-state index in [-0.39, 0.29) is 0 Å². The maximum atomic E-state index is 5.78. The zero-order chi connectivity index (χ0) is 14.7. The fourth-order valence-electron chi connectivity index (χ4n) is 5.31. The van der Waals surface area contributed by atoms with Crippen LogP contribution in [0.2, 0.25) is 0 Å². The molecule has 0 amide bonds. The van der Waals surface area contributed by atoms with E-state index in [4.69, 9.17) is 5.73 Å². The van der Waals surface area contributed by atoms with Crippen molar-refractivity contribution in [3.05, 3.63) is 0 Å². The first kappa shape index (κ1) is 15.8. The quantitative estimate of drug-likeness (QED) is 0.817. The largest absolute Gasteiger partial charge is 0.330 e. The van der Waals surface area contributed by atoms with Crippen molar-refractivity contribution in [2.24, 2.45) is 23.5 Å². The second-order valence-electron chi connectivity index (χ2n) is 7.76. The number of hydrogen-bond acceptors (Lipinski definition) is 3. The van der Waals surface area contributed by atoms with Crippen molar-refractivity contribution in [1.29, 1.82) is 0 Å². The minimum absolute atomic E-state index is 0.720. The first-order valence-corrected chi connectivity index (χ1v) is 9.46. The molecule has 3 aliphatic rings. The van der Waals surface area contributed by atoms with Gasteiger partial charge in [-0.25, -0.2) is 0 Å². The van der Waals surface area contributed by atoms with Gasteiger partial charge in [0.2, 0.25) is 0 Å². The lowest BCUT2D eigenvalue weighted by molar-refractivity contribution is 0.169. The number of rotatable bonds is 6. The third-order valence-corrected chi connectivity index (χ3v) is 6.49. The van der Waals surface area contributed by atoms with Gasteiger partial charge in [0, 0.05) is 25.7 Å². The van der Waals surface area contributed by atoms with Crippen LogP contribution >= 0.6 is 0 Å². The highest BCUT2D eigenvalue weighted by Crippen LogP contribution is 2.48. The van der Waals surface area contributed by atoms with Crippen LogP contribution in [-0.2, 0) is 0 Å². The normalized spacial score (nSPS) is 36.0. The number of fused-ring (bicyclic) bond motifs is 2. The minimum atomic E-state index is 0.720. The lowest BCUT2D eigenvalue weighted by Crippen LogP contribution is -2.40. The summed E-state index contributed by atoms with van der Waals surface area (Å²) in [5.74, 6) is 3.20. The number of hydrogen-bond donors (Lipinski definition) is 1. The molecule has 1 heterocycles. The van der Waals surface area contributed by atoms with E-state index in [0.29, 0.717) is 0 Å². The summed E-state index contributed by atoms with van der Waals surface area (Å²) in [6, 6.07) is 0.720. The maximum Gasteiger partial charge on any atom is 0.0112 e. The first-order chi connectivity index (χ1) is 10.3. The molecule has 2 bridgehead atoms. The highest BCUT2D eigenvalue weighted by atomic mass is 15.2. The Morgan fingerprint density at radius 2 is 2.00 bits per heavy atom. The average Bonchev–Trinajstić information content (AvgIpc) is 3.03. The summed E-state index contributed by atoms with van der Waals surface area (Å²) in [7, 11) is 0. The Morgan fingerprint density at radius 3 is 2.67 bits per heavy atom. The first-order valence-electron chi connectivity index (χ1n) is 9.46. The van der Waals surface area contributed by atoms with E-state index in [1.165, 1.54) is 71.2 Å². The molecular weight excluding hydrogens is 258 g/mol. The molecule has 0 aromatic carbocycles. The molecule has 2 N–H and O–H groups in total. The number of nitrogens with zero attached hydrogens (tertiary/aromatic N) is 2. The summed E-state index contributed by atoms with van der Waals surface area (Å²) in [5, 5.41) is 0. The summed E-state index contributed by atoms with van der Waals surface area (Å²) < 4.78 is 0. The zero-order valence-corrected chi connectivity index (χ0v) is 14.0. The van der Waals surface area contributed by atoms with Crippen LogP contribution in [0.15, 0.2) is 0 Å². The summed E-state index contributed by atoms with van der Waals surface area (Å²) in [4.78, 5) is 5.49. The monoisotopic (exact) mass is 293 g/mol. The van der Waals surface area contributed by atoms with E-state index in [9.17, 15) is 0 Å². The predicted molar refractivity (Wildman–Crippen MR) is 89.3 cm³/mol. The Kier molecular flexibility index (Phi) is 5.58. The topological polar surface area (TPSA) is 32.5 Å². The van der Waals surface area contributed by atoms with Crippen molar-refractivity contribution in [1.82, 2.24) is 9.80 Å². The summed E-state index contributed by atoms with van der Waals surface area (Å²) >= 11 is 0. The Labute approximate surface area is 131 Å². The average molecular weight is 293 g/mol. The maximum absolute atomic E-state index is 5.78. The smallest absolute Gasteiger partial charge is 0.0112 e. The highest BCUT2D eigenvalue weighted by Gasteiger charge is 2.40. The Balaban J connectivity index is 1.46. The Bertz CT molecular complexity index is 320. The molecule has 2 saturated carbocycles. The molecule has 4 atom stereocenters. The molecule has 1 aliphatic heterocycles. The van der Waals surface area contributed by atoms with Gasteiger partial charge in [-0.3, -0.25) is 4.90 Å². The molecule has 4 unspecified atom stereocenters. The van der Waals surface area contributed by atoms with Gasteiger partial charge in [0.25, 0.3) is 0 Å². The number of nitrogens with two attached hydrogens (primary N) is 1. The van der Waals surface area contributed by atoms with Gasteiger partial charge in [-0.1, -0.05) is 13.3 Å². The third-order valence-electron chi connectivity index (χ3n) is 6.49. The molecule has 2 aliphatic carbocycles. The van der Waals surface area contributed by atoms with Crippen molar-refractivity contribution in [3.8, 4) is 0 Å². The van der Waals surface area contributed by atoms with Crippen molar-refractivity contribution in [2.45, 2.75) is 57.9 Å². The van der Waals surface area contributed by atoms with Gasteiger partial charge in [-0.05, 0) is 75.9 Å². The summed E-state index contributed by atoms with van der Waals surface area (Å²) in [6.07, 6.45) is 9.93. The summed E-state index contributed by atoms with van der Waals surface area (Å²) in [5.41, 5.74) is 5.78. The van der Waals surface area contributed by atoms with Crippen molar-refractivity contribution in [3.63, 3.8) is 0 Å². The van der Waals surface area contributed by atoms with Crippen LogP contribution in [0.5, 0.6) is 0 Å². The molecule has 3 heteroatoms. The second kappa shape index (κ2) is 7.43. The van der Waals surface area contributed by atoms with Crippen LogP contribution in [0, 0.1) is 17.8 Å². The Morgan fingerprint density at radius 1 is 1.10 bits per heavy atom. The fraction of sp³-hybridized carbons (Fsp3) is 1.00. The third kappa shape index (κ3) is 3.80. The summed E-state index contributed by atoms with van der Waals surface area (Å²) in [6.45, 7) is 9.70. The van der Waals surface area contributed by atoms with Crippen molar-refractivity contribution >= 4 is 0 Å². The molecule has 0 aromatic heterocycles. The molecule has 21 heavy (non-hydrogen) atoms. The lowest BCUT2D eigenvalue weighted by Gasteiger charge is -2.31. The molecule has 3 rings (SSSR count). The van der Waals surface area contributed by atoms with Gasteiger partial charge in [0.05, 0.1) is 0 Å². The van der Waals surface area contributed by atoms with Crippen LogP contribution in [0.25, 0.3) is 0 Å². The van der Waals surface area contributed by atoms with Crippen LogP contribution in [0.1, 0.15) is 51.9 Å². The molecule has 0 radical (unpaired) electrons. The fourth-order valence-corrected chi connectivity index (χ4v) is 5.31. The van der Waals surface area contributed by atoms with Gasteiger partial charge >= 0.3 is 0 Å².